The van der Waals surface area contributed by atoms with E-state index in [-0.39, 0.29) is 28.4 Å². The maximum Gasteiger partial charge on any atom is 0.312 e. The van der Waals surface area contributed by atoms with E-state index in [4.69, 9.17) is 14.6 Å². The van der Waals surface area contributed by atoms with Crippen LogP contribution in [-0.2, 0) is 23.9 Å². The summed E-state index contributed by atoms with van der Waals surface area (Å²) < 4.78 is 10.6. The molecule has 6 heteroatoms. The van der Waals surface area contributed by atoms with Gasteiger partial charge in [0.25, 0.3) is 0 Å². The van der Waals surface area contributed by atoms with Gasteiger partial charge in [-0.1, -0.05) is 85.5 Å². The summed E-state index contributed by atoms with van der Waals surface area (Å²) in [6.07, 6.45) is 15.4. The standard InChI is InChI=1S/C18H36O2.C10H20O2.C6H12O2/c1-5-7-8-9-10-11-12-13-14-15-16-20-17(19)18(3,4)6-2;1-7-10(5,6)8(11)12-9(2,3)4;1-4-6(2,3)5(7)8/h5-16H2,1-4H3;7H2,1-6H3;4H2,1-3H3,(H,7,8). The predicted molar refractivity (Wildman–Crippen MR) is 168 cm³/mol. The average Bonchev–Trinajstić information content (AvgIpc) is 2.86. The lowest BCUT2D eigenvalue weighted by molar-refractivity contribution is -0.165. The Morgan fingerprint density at radius 1 is 0.525 bits per heavy atom. The van der Waals surface area contributed by atoms with Crippen LogP contribution in [0, 0.1) is 16.2 Å². The fourth-order valence-corrected chi connectivity index (χ4v) is 2.81. The molecule has 0 atom stereocenters. The Balaban J connectivity index is -0.000000578. The van der Waals surface area contributed by atoms with Crippen molar-refractivity contribution < 1.29 is 29.0 Å². The second-order valence-electron chi connectivity index (χ2n) is 13.8. The van der Waals surface area contributed by atoms with Crippen LogP contribution in [-0.4, -0.2) is 35.2 Å². The minimum atomic E-state index is -0.722. The van der Waals surface area contributed by atoms with Crippen LogP contribution in [0.25, 0.3) is 0 Å². The van der Waals surface area contributed by atoms with Crippen molar-refractivity contribution in [3.63, 3.8) is 0 Å². The van der Waals surface area contributed by atoms with Crippen LogP contribution in [0.1, 0.15) is 173 Å². The molecule has 6 nitrogen and oxygen atoms in total. The van der Waals surface area contributed by atoms with Crippen LogP contribution in [0.3, 0.4) is 0 Å². The molecule has 0 aromatic heterocycles. The van der Waals surface area contributed by atoms with Crippen molar-refractivity contribution in [3.8, 4) is 0 Å². The monoisotopic (exact) mass is 573 g/mol. The van der Waals surface area contributed by atoms with E-state index < -0.39 is 11.4 Å². The van der Waals surface area contributed by atoms with Gasteiger partial charge < -0.3 is 14.6 Å². The van der Waals surface area contributed by atoms with Gasteiger partial charge in [0.15, 0.2) is 0 Å². The second kappa shape index (κ2) is 22.1. The van der Waals surface area contributed by atoms with Gasteiger partial charge in [-0.25, -0.2) is 0 Å². The van der Waals surface area contributed by atoms with Crippen LogP contribution in [0.2, 0.25) is 0 Å². The summed E-state index contributed by atoms with van der Waals surface area (Å²) in [5.74, 6) is -0.881. The fourth-order valence-electron chi connectivity index (χ4n) is 2.81. The molecule has 40 heavy (non-hydrogen) atoms. The molecule has 240 valence electrons. The molecule has 0 fully saturated rings. The van der Waals surface area contributed by atoms with Crippen molar-refractivity contribution in [1.82, 2.24) is 0 Å². The molecule has 0 heterocycles. The summed E-state index contributed by atoms with van der Waals surface area (Å²) >= 11 is 0. The Morgan fingerprint density at radius 2 is 0.875 bits per heavy atom. The van der Waals surface area contributed by atoms with Crippen molar-refractivity contribution in [2.75, 3.05) is 6.61 Å². The number of esters is 2. The SMILES string of the molecule is CCC(C)(C)C(=O)O.CCC(C)(C)C(=O)OC(C)(C)C.CCCCCCCCCCCCOC(=O)C(C)(C)CC. The lowest BCUT2D eigenvalue weighted by Crippen LogP contribution is -2.33. The van der Waals surface area contributed by atoms with Gasteiger partial charge in [-0.05, 0) is 88.0 Å². The van der Waals surface area contributed by atoms with Gasteiger partial charge in [0.1, 0.15) is 5.60 Å². The molecule has 0 aromatic carbocycles. The highest BCUT2D eigenvalue weighted by Crippen LogP contribution is 2.24. The number of aliphatic carboxylic acids is 1. The van der Waals surface area contributed by atoms with Gasteiger partial charge in [0.05, 0.1) is 22.9 Å². The maximum atomic E-state index is 11.7. The molecule has 0 unspecified atom stereocenters. The third kappa shape index (κ3) is 24.2. The first kappa shape index (κ1) is 42.9. The first-order valence-corrected chi connectivity index (χ1v) is 15.9. The number of hydrogen-bond donors (Lipinski definition) is 1. The third-order valence-corrected chi connectivity index (χ3v) is 7.47. The maximum absolute atomic E-state index is 11.7. The van der Waals surface area contributed by atoms with E-state index in [1.807, 2.05) is 69.2 Å². The summed E-state index contributed by atoms with van der Waals surface area (Å²) in [7, 11) is 0. The molecule has 0 aliphatic rings. The number of carboxylic acid groups (broad SMARTS) is 1. The highest BCUT2D eigenvalue weighted by molar-refractivity contribution is 5.76. The zero-order valence-corrected chi connectivity index (χ0v) is 28.9. The topological polar surface area (TPSA) is 89.9 Å². The number of carbonyl (C=O) groups is 3. The third-order valence-electron chi connectivity index (χ3n) is 7.47. The van der Waals surface area contributed by atoms with E-state index >= 15 is 0 Å². The van der Waals surface area contributed by atoms with Crippen molar-refractivity contribution in [1.29, 1.82) is 0 Å². The second-order valence-corrected chi connectivity index (χ2v) is 13.8. The first-order chi connectivity index (χ1) is 18.2. The molecule has 0 saturated carbocycles. The fraction of sp³-hybridized carbons (Fsp3) is 0.912. The van der Waals surface area contributed by atoms with E-state index in [9.17, 15) is 14.4 Å². The molecule has 0 amide bonds. The summed E-state index contributed by atoms with van der Waals surface area (Å²) in [5, 5.41) is 8.44. The lowest BCUT2D eigenvalue weighted by Gasteiger charge is -2.27. The molecular formula is C34H68O6. The van der Waals surface area contributed by atoms with Gasteiger partial charge in [-0.15, -0.1) is 0 Å². The Bertz CT molecular complexity index is 670. The van der Waals surface area contributed by atoms with Crippen LogP contribution >= 0.6 is 0 Å². The van der Waals surface area contributed by atoms with Crippen LogP contribution in [0.4, 0.5) is 0 Å². The quantitative estimate of drug-likeness (QED) is 0.138. The molecule has 1 N–H and O–H groups in total. The molecule has 0 aliphatic heterocycles. The van der Waals surface area contributed by atoms with Crippen LogP contribution in [0.15, 0.2) is 0 Å². The van der Waals surface area contributed by atoms with E-state index in [0.29, 0.717) is 13.0 Å². The summed E-state index contributed by atoms with van der Waals surface area (Å²) in [4.78, 5) is 33.5. The van der Waals surface area contributed by atoms with Crippen molar-refractivity contribution >= 4 is 17.9 Å². The van der Waals surface area contributed by atoms with Crippen molar-refractivity contribution in [3.05, 3.63) is 0 Å². The molecule has 0 saturated heterocycles. The van der Waals surface area contributed by atoms with Crippen LogP contribution in [0.5, 0.6) is 0 Å². The Labute approximate surface area is 248 Å². The lowest BCUT2D eigenvalue weighted by atomic mass is 9.90. The van der Waals surface area contributed by atoms with Gasteiger partial charge in [-0.3, -0.25) is 14.4 Å². The van der Waals surface area contributed by atoms with E-state index in [1.54, 1.807) is 13.8 Å². The molecule has 0 radical (unpaired) electrons. The zero-order chi connectivity index (χ0) is 32.0. The number of ether oxygens (including phenoxy) is 2. The molecule has 0 spiro atoms. The first-order valence-electron chi connectivity index (χ1n) is 15.9. The minimum absolute atomic E-state index is 0.0454. The smallest absolute Gasteiger partial charge is 0.312 e. The highest BCUT2D eigenvalue weighted by atomic mass is 16.6. The van der Waals surface area contributed by atoms with E-state index in [0.717, 1.165) is 19.3 Å². The van der Waals surface area contributed by atoms with Crippen molar-refractivity contribution in [2.24, 2.45) is 16.2 Å². The summed E-state index contributed by atoms with van der Waals surface area (Å²) in [6.45, 7) is 25.5. The number of carbonyl (C=O) groups excluding carboxylic acids is 2. The number of carboxylic acids is 1. The number of rotatable bonds is 17. The molecule has 0 bridgehead atoms. The normalized spacial score (nSPS) is 11.9. The molecule has 0 aromatic rings. The number of unbranched alkanes of at least 4 members (excludes halogenated alkanes) is 9. The Kier molecular flexibility index (Phi) is 23.6. The Morgan fingerprint density at radius 3 is 1.18 bits per heavy atom. The average molecular weight is 573 g/mol. The molecular weight excluding hydrogens is 504 g/mol. The van der Waals surface area contributed by atoms with Gasteiger partial charge >= 0.3 is 17.9 Å². The largest absolute Gasteiger partial charge is 0.481 e. The number of hydrogen-bond acceptors (Lipinski definition) is 5. The molecule has 0 aliphatic carbocycles. The van der Waals surface area contributed by atoms with Gasteiger partial charge in [0.2, 0.25) is 0 Å². The van der Waals surface area contributed by atoms with Crippen LogP contribution < -0.4 is 0 Å². The van der Waals surface area contributed by atoms with E-state index in [1.165, 1.54) is 57.8 Å². The predicted octanol–water partition coefficient (Wildman–Crippen LogP) is 10.2. The summed E-state index contributed by atoms with van der Waals surface area (Å²) in [6, 6.07) is 0. The highest BCUT2D eigenvalue weighted by Gasteiger charge is 2.30. The summed E-state index contributed by atoms with van der Waals surface area (Å²) in [5.41, 5.74) is -1.59. The van der Waals surface area contributed by atoms with Gasteiger partial charge in [0, 0.05) is 0 Å². The van der Waals surface area contributed by atoms with Gasteiger partial charge in [-0.2, -0.15) is 0 Å². The minimum Gasteiger partial charge on any atom is -0.481 e. The Hall–Kier alpha value is -1.59. The van der Waals surface area contributed by atoms with Crippen molar-refractivity contribution in [2.45, 2.75) is 179 Å². The molecule has 0 rings (SSSR count). The zero-order valence-electron chi connectivity index (χ0n) is 28.9. The van der Waals surface area contributed by atoms with E-state index in [2.05, 4.69) is 6.92 Å².